The summed E-state index contributed by atoms with van der Waals surface area (Å²) in [6.45, 7) is 25.9. The van der Waals surface area contributed by atoms with Gasteiger partial charge in [-0.25, -0.2) is 14.8 Å². The van der Waals surface area contributed by atoms with Crippen LogP contribution in [0.4, 0.5) is 4.79 Å². The first kappa shape index (κ1) is 30.0. The van der Waals surface area contributed by atoms with Crippen LogP contribution in [0.2, 0.25) is 0 Å². The minimum Gasteiger partial charge on any atom is -0.444 e. The molecule has 1 saturated heterocycles. The highest BCUT2D eigenvalue weighted by molar-refractivity contribution is 6.03. The Hall–Kier alpha value is -2.21. The van der Waals surface area contributed by atoms with Gasteiger partial charge in [0.2, 0.25) is 0 Å². The van der Waals surface area contributed by atoms with E-state index in [1.54, 1.807) is 4.90 Å². The zero-order chi connectivity index (χ0) is 27.3. The topological polar surface area (TPSA) is 57.5 Å². The van der Waals surface area contributed by atoms with E-state index in [4.69, 9.17) is 9.73 Å². The summed E-state index contributed by atoms with van der Waals surface area (Å²) in [4.78, 5) is 26.2. The van der Waals surface area contributed by atoms with Gasteiger partial charge in [-0.3, -0.25) is 4.90 Å². The predicted molar refractivity (Wildman–Crippen MR) is 153 cm³/mol. The van der Waals surface area contributed by atoms with Crippen LogP contribution >= 0.6 is 0 Å². The highest BCUT2D eigenvalue weighted by Gasteiger charge is 2.37. The van der Waals surface area contributed by atoms with E-state index in [-0.39, 0.29) is 23.1 Å². The lowest BCUT2D eigenvalue weighted by Gasteiger charge is -2.42. The van der Waals surface area contributed by atoms with E-state index in [0.29, 0.717) is 13.1 Å². The largest absolute Gasteiger partial charge is 0.444 e. The Kier molecular flexibility index (Phi) is 9.91. The molecule has 6 heteroatoms. The fourth-order valence-electron chi connectivity index (χ4n) is 4.90. The Morgan fingerprint density at radius 3 is 2.08 bits per heavy atom. The Labute approximate surface area is 220 Å². The number of ether oxygens (including phenoxy) is 1. The number of carbonyl (C=O) groups is 1. The fourth-order valence-corrected chi connectivity index (χ4v) is 4.90. The highest BCUT2D eigenvalue weighted by atomic mass is 16.6. The molecule has 1 amide bonds. The minimum atomic E-state index is -0.475. The average molecular weight is 499 g/mol. The van der Waals surface area contributed by atoms with Gasteiger partial charge in [-0.2, -0.15) is 0 Å². The predicted octanol–water partition coefficient (Wildman–Crippen LogP) is 6.80. The molecule has 1 heterocycles. The monoisotopic (exact) mass is 498 g/mol. The number of nitrogens with zero attached hydrogens (tertiary/aromatic N) is 4. The zero-order valence-electron chi connectivity index (χ0n) is 24.7. The molecule has 0 bridgehead atoms. The summed E-state index contributed by atoms with van der Waals surface area (Å²) in [5, 5.41) is 0. The smallest absolute Gasteiger partial charge is 0.410 e. The van der Waals surface area contributed by atoms with Crippen LogP contribution in [-0.4, -0.2) is 65.9 Å². The van der Waals surface area contributed by atoms with Gasteiger partial charge in [-0.15, -0.1) is 0 Å². The molecule has 3 rings (SSSR count). The summed E-state index contributed by atoms with van der Waals surface area (Å²) in [5.74, 6) is 0.770. The van der Waals surface area contributed by atoms with Crippen LogP contribution in [0.5, 0.6) is 0 Å². The third-order valence-corrected chi connectivity index (χ3v) is 7.17. The molecular weight excluding hydrogens is 448 g/mol. The molecule has 1 aliphatic heterocycles. The van der Waals surface area contributed by atoms with Gasteiger partial charge in [0.25, 0.3) is 0 Å². The number of hydrogen-bond donors (Lipinski definition) is 0. The maximum Gasteiger partial charge on any atom is 0.410 e. The first-order chi connectivity index (χ1) is 16.7. The van der Waals surface area contributed by atoms with Crippen LogP contribution in [0.3, 0.4) is 0 Å². The number of benzene rings is 1. The minimum absolute atomic E-state index is 0.0278. The third kappa shape index (κ3) is 7.41. The standard InChI is InChI=1S/C28H44N4O2.C2H6/c1-10-29-24(21-11-12-22-23(19-21)28(8,9)14-13-27(22,6)7)30-20(2)31-15-17-32(18-16-31)25(33)34-26(3,4)5;1-2/h10-12,19-20H,13-18H2,1-9H3;1-2H3/b29-10?,30-24-;. The summed E-state index contributed by atoms with van der Waals surface area (Å²) in [6.07, 6.45) is 3.94. The Morgan fingerprint density at radius 2 is 1.56 bits per heavy atom. The van der Waals surface area contributed by atoms with Gasteiger partial charge in [0, 0.05) is 38.0 Å². The highest BCUT2D eigenvalue weighted by Crippen LogP contribution is 2.46. The first-order valence-corrected chi connectivity index (χ1v) is 13.7. The van der Waals surface area contributed by atoms with E-state index in [1.807, 2.05) is 47.8 Å². The van der Waals surface area contributed by atoms with Gasteiger partial charge < -0.3 is 9.64 Å². The van der Waals surface area contributed by atoms with Crippen LogP contribution < -0.4 is 0 Å². The number of aliphatic imine (C=N–C) groups is 2. The van der Waals surface area contributed by atoms with Crippen LogP contribution in [-0.2, 0) is 15.6 Å². The van der Waals surface area contributed by atoms with Crippen molar-refractivity contribution < 1.29 is 9.53 Å². The van der Waals surface area contributed by atoms with Crippen molar-refractivity contribution in [3.05, 3.63) is 34.9 Å². The number of fused-ring (bicyclic) bond motifs is 1. The molecule has 2 aliphatic rings. The summed E-state index contributed by atoms with van der Waals surface area (Å²) in [5.41, 5.74) is 3.79. The van der Waals surface area contributed by atoms with Crippen molar-refractivity contribution in [3.63, 3.8) is 0 Å². The van der Waals surface area contributed by atoms with Crippen molar-refractivity contribution in [2.45, 2.75) is 112 Å². The molecule has 1 unspecified atom stereocenters. The van der Waals surface area contributed by atoms with Crippen molar-refractivity contribution in [3.8, 4) is 0 Å². The van der Waals surface area contributed by atoms with E-state index in [0.717, 1.165) is 24.5 Å². The van der Waals surface area contributed by atoms with Crippen LogP contribution in [0.15, 0.2) is 28.2 Å². The quantitative estimate of drug-likeness (QED) is 0.340. The van der Waals surface area contributed by atoms with Gasteiger partial charge >= 0.3 is 6.09 Å². The van der Waals surface area contributed by atoms with Crippen LogP contribution in [0, 0.1) is 0 Å². The second-order valence-corrected chi connectivity index (χ2v) is 12.0. The SMILES string of the molecule is CC.CC=N/C(=N\C(C)N1CCN(C(=O)OC(C)(C)C)CC1)c1ccc2c(c1)C(C)(C)CCC2(C)C. The van der Waals surface area contributed by atoms with Crippen molar-refractivity contribution in [1.82, 2.24) is 9.80 Å². The molecule has 0 radical (unpaired) electrons. The molecule has 0 spiro atoms. The Balaban J connectivity index is 0.00000222. The summed E-state index contributed by atoms with van der Waals surface area (Å²) < 4.78 is 5.53. The van der Waals surface area contributed by atoms with E-state index >= 15 is 0 Å². The Bertz CT molecular complexity index is 948. The van der Waals surface area contributed by atoms with E-state index < -0.39 is 5.60 Å². The molecule has 6 nitrogen and oxygen atoms in total. The van der Waals surface area contributed by atoms with Crippen LogP contribution in [0.25, 0.3) is 0 Å². The summed E-state index contributed by atoms with van der Waals surface area (Å²) in [7, 11) is 0. The second-order valence-electron chi connectivity index (χ2n) is 12.0. The van der Waals surface area contributed by atoms with E-state index in [1.165, 1.54) is 24.0 Å². The first-order valence-electron chi connectivity index (χ1n) is 13.7. The average Bonchev–Trinajstić information content (AvgIpc) is 2.82. The summed E-state index contributed by atoms with van der Waals surface area (Å²) in [6, 6.07) is 6.78. The lowest BCUT2D eigenvalue weighted by molar-refractivity contribution is 0.0114. The van der Waals surface area contributed by atoms with Crippen molar-refractivity contribution in [2.75, 3.05) is 26.2 Å². The van der Waals surface area contributed by atoms with Crippen LogP contribution in [0.1, 0.15) is 106 Å². The fraction of sp³-hybridized carbons (Fsp3) is 0.700. The zero-order valence-corrected chi connectivity index (χ0v) is 24.7. The molecule has 0 N–H and O–H groups in total. The lowest BCUT2D eigenvalue weighted by Crippen LogP contribution is -2.52. The molecule has 1 aromatic rings. The number of amidine groups is 1. The number of piperazine rings is 1. The lowest BCUT2D eigenvalue weighted by atomic mass is 9.63. The normalized spacial score (nSPS) is 20.9. The van der Waals surface area contributed by atoms with Gasteiger partial charge in [0.15, 0.2) is 5.84 Å². The van der Waals surface area contributed by atoms with Gasteiger partial charge in [0.1, 0.15) is 11.8 Å². The number of rotatable bonds is 3. The van der Waals surface area contributed by atoms with Gasteiger partial charge in [-0.05, 0) is 75.5 Å². The molecule has 1 atom stereocenters. The Morgan fingerprint density at radius 1 is 1.00 bits per heavy atom. The maximum atomic E-state index is 12.4. The molecule has 1 fully saturated rings. The van der Waals surface area contributed by atoms with Gasteiger partial charge in [-0.1, -0.05) is 53.7 Å². The second kappa shape index (κ2) is 11.9. The van der Waals surface area contributed by atoms with E-state index in [2.05, 4.69) is 62.7 Å². The molecule has 1 aliphatic carbocycles. The van der Waals surface area contributed by atoms with Crippen molar-refractivity contribution in [2.24, 2.45) is 9.98 Å². The third-order valence-electron chi connectivity index (χ3n) is 7.17. The molecule has 36 heavy (non-hydrogen) atoms. The molecular formula is C30H50N4O2. The van der Waals surface area contributed by atoms with Crippen molar-refractivity contribution >= 4 is 18.1 Å². The molecule has 1 aromatic carbocycles. The molecule has 0 saturated carbocycles. The maximum absolute atomic E-state index is 12.4. The number of hydrogen-bond acceptors (Lipinski definition) is 4. The molecule has 202 valence electrons. The van der Waals surface area contributed by atoms with Gasteiger partial charge in [0.05, 0.1) is 0 Å². The van der Waals surface area contributed by atoms with E-state index in [9.17, 15) is 4.79 Å². The summed E-state index contributed by atoms with van der Waals surface area (Å²) >= 11 is 0. The number of carbonyl (C=O) groups excluding carboxylic acids is 1. The number of amides is 1. The molecule has 0 aromatic heterocycles. The van der Waals surface area contributed by atoms with Crippen molar-refractivity contribution in [1.29, 1.82) is 0 Å².